The molecule has 0 atom stereocenters. The molecule has 0 aliphatic heterocycles. The van der Waals surface area contributed by atoms with Gasteiger partial charge in [0.25, 0.3) is 0 Å². The highest BCUT2D eigenvalue weighted by Crippen LogP contribution is 2.36. The Hall–Kier alpha value is -4.04. The van der Waals surface area contributed by atoms with Crippen molar-refractivity contribution in [2.75, 3.05) is 0 Å². The van der Waals surface area contributed by atoms with Crippen molar-refractivity contribution >= 4 is 64.6 Å². The summed E-state index contributed by atoms with van der Waals surface area (Å²) in [6, 6.07) is 28.0. The summed E-state index contributed by atoms with van der Waals surface area (Å²) in [6.07, 6.45) is 0. The third-order valence-electron chi connectivity index (χ3n) is 6.50. The average molecular weight is 382 g/mol. The van der Waals surface area contributed by atoms with E-state index in [9.17, 15) is 9.59 Å². The minimum atomic E-state index is 0.00229. The molecule has 0 amide bonds. The van der Waals surface area contributed by atoms with Gasteiger partial charge in [-0.05, 0) is 68.0 Å². The van der Waals surface area contributed by atoms with Crippen molar-refractivity contribution < 1.29 is 0 Å². The minimum absolute atomic E-state index is 0.00229. The Morgan fingerprint density at radius 1 is 0.367 bits per heavy atom. The van der Waals surface area contributed by atoms with Crippen molar-refractivity contribution in [1.29, 1.82) is 0 Å². The first-order valence-corrected chi connectivity index (χ1v) is 10.0. The van der Waals surface area contributed by atoms with Gasteiger partial charge in [0.15, 0.2) is 10.9 Å². The highest BCUT2D eigenvalue weighted by atomic mass is 16.1. The van der Waals surface area contributed by atoms with Gasteiger partial charge in [-0.2, -0.15) is 0 Å². The zero-order valence-corrected chi connectivity index (χ0v) is 15.9. The van der Waals surface area contributed by atoms with Crippen LogP contribution in [0.1, 0.15) is 0 Å². The SMILES string of the molecule is O=c1c2cc3ccccc3cc2c2c1ccc1c3cc4ccccc4cc3c(=O)c12. The summed E-state index contributed by atoms with van der Waals surface area (Å²) in [5, 5.41) is 10.5. The van der Waals surface area contributed by atoms with Crippen molar-refractivity contribution in [1.82, 2.24) is 0 Å². The highest BCUT2D eigenvalue weighted by molar-refractivity contribution is 6.30. The van der Waals surface area contributed by atoms with E-state index in [-0.39, 0.29) is 10.9 Å². The van der Waals surface area contributed by atoms with Gasteiger partial charge in [-0.15, -0.1) is 0 Å². The summed E-state index contributed by atoms with van der Waals surface area (Å²) in [5.74, 6) is 0. The lowest BCUT2D eigenvalue weighted by Gasteiger charge is -2.00. The van der Waals surface area contributed by atoms with Gasteiger partial charge >= 0.3 is 0 Å². The molecule has 2 heteroatoms. The molecular weight excluding hydrogens is 368 g/mol. The molecule has 0 saturated heterocycles. The van der Waals surface area contributed by atoms with Crippen molar-refractivity contribution in [3.8, 4) is 0 Å². The zero-order valence-electron chi connectivity index (χ0n) is 15.9. The van der Waals surface area contributed by atoms with Gasteiger partial charge in [-0.1, -0.05) is 54.6 Å². The van der Waals surface area contributed by atoms with E-state index in [1.54, 1.807) is 0 Å². The van der Waals surface area contributed by atoms with Gasteiger partial charge in [-0.3, -0.25) is 9.59 Å². The molecule has 0 unspecified atom stereocenters. The molecule has 0 aliphatic rings. The maximum absolute atomic E-state index is 13.6. The zero-order chi connectivity index (χ0) is 20.0. The predicted molar refractivity (Wildman–Crippen MR) is 126 cm³/mol. The summed E-state index contributed by atoms with van der Waals surface area (Å²) < 4.78 is 0. The molecule has 7 aromatic carbocycles. The van der Waals surface area contributed by atoms with E-state index in [1.807, 2.05) is 66.7 Å². The van der Waals surface area contributed by atoms with Crippen molar-refractivity contribution in [3.05, 3.63) is 105 Å². The fourth-order valence-electron chi connectivity index (χ4n) is 5.10. The first-order chi connectivity index (χ1) is 14.7. The fourth-order valence-corrected chi connectivity index (χ4v) is 5.10. The van der Waals surface area contributed by atoms with Crippen molar-refractivity contribution in [2.24, 2.45) is 0 Å². The second-order valence-electron chi connectivity index (χ2n) is 8.06. The summed E-state index contributed by atoms with van der Waals surface area (Å²) in [5.41, 5.74) is 0.0129. The smallest absolute Gasteiger partial charge is 0.194 e. The minimum Gasteiger partial charge on any atom is -0.289 e. The summed E-state index contributed by atoms with van der Waals surface area (Å²) in [7, 11) is 0. The lowest BCUT2D eigenvalue weighted by molar-refractivity contribution is 1.79. The maximum atomic E-state index is 13.6. The van der Waals surface area contributed by atoms with Crippen LogP contribution in [0.2, 0.25) is 0 Å². The molecule has 7 rings (SSSR count). The van der Waals surface area contributed by atoms with E-state index in [4.69, 9.17) is 0 Å². The Morgan fingerprint density at radius 2 is 0.833 bits per heavy atom. The standard InChI is InChI=1S/C28H14O2/c29-27-20-10-9-19-21-11-15-5-1-3-7-17(15)13-23(21)28(30)26(19)25(20)22-12-16-6-2-4-8-18(16)14-24(22)27/h1-14H. The molecule has 0 spiro atoms. The van der Waals surface area contributed by atoms with Crippen molar-refractivity contribution in [2.45, 2.75) is 0 Å². The largest absolute Gasteiger partial charge is 0.289 e. The van der Waals surface area contributed by atoms with Crippen LogP contribution in [0.3, 0.4) is 0 Å². The van der Waals surface area contributed by atoms with E-state index in [0.29, 0.717) is 16.2 Å². The number of benzene rings is 5. The fraction of sp³-hybridized carbons (Fsp3) is 0. The van der Waals surface area contributed by atoms with E-state index in [1.165, 1.54) is 0 Å². The average Bonchev–Trinajstić information content (AvgIpc) is 3.22. The summed E-state index contributed by atoms with van der Waals surface area (Å²) >= 11 is 0. The normalized spacial score (nSPS) is 12.3. The highest BCUT2D eigenvalue weighted by Gasteiger charge is 2.19. The first kappa shape index (κ1) is 15.8. The van der Waals surface area contributed by atoms with E-state index < -0.39 is 0 Å². The number of hydrogen-bond donors (Lipinski definition) is 0. The molecule has 0 bridgehead atoms. The molecule has 0 radical (unpaired) electrons. The van der Waals surface area contributed by atoms with Crippen LogP contribution in [-0.4, -0.2) is 0 Å². The molecule has 0 aliphatic carbocycles. The Bertz CT molecular complexity index is 1930. The van der Waals surface area contributed by atoms with Crippen LogP contribution in [0.15, 0.2) is 94.5 Å². The Balaban J connectivity index is 1.78. The van der Waals surface area contributed by atoms with Crippen LogP contribution in [0.25, 0.3) is 64.6 Å². The van der Waals surface area contributed by atoms with Crippen LogP contribution in [0.5, 0.6) is 0 Å². The first-order valence-electron chi connectivity index (χ1n) is 10.0. The molecule has 7 aromatic rings. The molecule has 0 fully saturated rings. The van der Waals surface area contributed by atoms with E-state index in [2.05, 4.69) is 18.2 Å². The van der Waals surface area contributed by atoms with Gasteiger partial charge in [-0.25, -0.2) is 0 Å². The monoisotopic (exact) mass is 382 g/mol. The second-order valence-corrected chi connectivity index (χ2v) is 8.06. The Morgan fingerprint density at radius 3 is 1.43 bits per heavy atom. The summed E-state index contributed by atoms with van der Waals surface area (Å²) in [4.78, 5) is 26.8. The van der Waals surface area contributed by atoms with Gasteiger partial charge in [0.05, 0.1) is 0 Å². The van der Waals surface area contributed by atoms with Crippen molar-refractivity contribution in [3.63, 3.8) is 0 Å². The number of fused-ring (bicyclic) bond motifs is 9. The third kappa shape index (κ3) is 1.84. The third-order valence-corrected chi connectivity index (χ3v) is 6.50. The van der Waals surface area contributed by atoms with Gasteiger partial charge in [0.2, 0.25) is 0 Å². The van der Waals surface area contributed by atoms with E-state index in [0.717, 1.165) is 48.5 Å². The van der Waals surface area contributed by atoms with Crippen LogP contribution >= 0.6 is 0 Å². The van der Waals surface area contributed by atoms with Crippen LogP contribution in [-0.2, 0) is 0 Å². The van der Waals surface area contributed by atoms with E-state index >= 15 is 0 Å². The van der Waals surface area contributed by atoms with Crippen LogP contribution < -0.4 is 10.9 Å². The van der Waals surface area contributed by atoms with Gasteiger partial charge in [0, 0.05) is 26.9 Å². The molecule has 0 aromatic heterocycles. The quantitative estimate of drug-likeness (QED) is 0.313. The molecular formula is C28H14O2. The van der Waals surface area contributed by atoms with Gasteiger partial charge < -0.3 is 0 Å². The molecule has 2 nitrogen and oxygen atoms in total. The predicted octanol–water partition coefficient (Wildman–Crippen LogP) is 6.20. The molecule has 0 N–H and O–H groups in total. The Kier molecular flexibility index (Phi) is 2.80. The maximum Gasteiger partial charge on any atom is 0.194 e. The second kappa shape index (κ2) is 5.31. The molecule has 30 heavy (non-hydrogen) atoms. The summed E-state index contributed by atoms with van der Waals surface area (Å²) in [6.45, 7) is 0. The lowest BCUT2D eigenvalue weighted by Crippen LogP contribution is -1.96. The molecule has 0 heterocycles. The molecule has 0 saturated carbocycles. The topological polar surface area (TPSA) is 34.1 Å². The lowest BCUT2D eigenvalue weighted by atomic mass is 10.0. The number of rotatable bonds is 0. The van der Waals surface area contributed by atoms with Gasteiger partial charge in [0.1, 0.15) is 0 Å². The van der Waals surface area contributed by atoms with Crippen LogP contribution in [0, 0.1) is 0 Å². The number of hydrogen-bond acceptors (Lipinski definition) is 2. The molecule has 138 valence electrons. The Labute approximate surface area is 170 Å². The van der Waals surface area contributed by atoms with Crippen LogP contribution in [0.4, 0.5) is 0 Å².